The van der Waals surface area contributed by atoms with E-state index in [2.05, 4.69) is 19.9 Å². The van der Waals surface area contributed by atoms with Gasteiger partial charge in [0.05, 0.1) is 0 Å². The predicted molar refractivity (Wildman–Crippen MR) is 152 cm³/mol. The quantitative estimate of drug-likeness (QED) is 0.167. The van der Waals surface area contributed by atoms with Crippen LogP contribution in [0.15, 0.2) is 36.4 Å². The Bertz CT molecular complexity index is 971. The van der Waals surface area contributed by atoms with Crippen LogP contribution in [0.3, 0.4) is 0 Å². The van der Waals surface area contributed by atoms with Gasteiger partial charge in [-0.05, 0) is 42.9 Å². The zero-order chi connectivity index (χ0) is 25.6. The zero-order valence-electron chi connectivity index (χ0n) is 23.0. The average molecular weight is 489 g/mol. The van der Waals surface area contributed by atoms with Gasteiger partial charge < -0.3 is 0 Å². The molecule has 2 aromatic rings. The van der Waals surface area contributed by atoms with Gasteiger partial charge in [-0.25, -0.2) is 0 Å². The molecule has 0 amide bonds. The van der Waals surface area contributed by atoms with Crippen molar-refractivity contribution in [3.63, 3.8) is 0 Å². The van der Waals surface area contributed by atoms with E-state index in [1.807, 2.05) is 24.3 Å². The van der Waals surface area contributed by atoms with Gasteiger partial charge in [0.25, 0.3) is 0 Å². The average Bonchev–Trinajstić information content (AvgIpc) is 2.90. The molecule has 1 aliphatic carbocycles. The third-order valence-electron chi connectivity index (χ3n) is 7.88. The van der Waals surface area contributed by atoms with Crippen LogP contribution in [-0.2, 0) is 12.8 Å². The molecular weight excluding hydrogens is 440 g/mol. The molecule has 0 heterocycles. The topological polar surface area (TPSA) is 34.1 Å². The van der Waals surface area contributed by atoms with Crippen molar-refractivity contribution in [2.24, 2.45) is 0 Å². The van der Waals surface area contributed by atoms with Gasteiger partial charge in [-0.2, -0.15) is 0 Å². The Morgan fingerprint density at radius 2 is 0.944 bits per heavy atom. The maximum Gasteiger partial charge on any atom is 0.194 e. The summed E-state index contributed by atoms with van der Waals surface area (Å²) in [6.45, 7) is 4.52. The van der Waals surface area contributed by atoms with Crippen LogP contribution in [0.25, 0.3) is 0 Å². The number of hydrogen-bond donors (Lipinski definition) is 0. The van der Waals surface area contributed by atoms with Crippen LogP contribution in [-0.4, -0.2) is 11.6 Å². The minimum absolute atomic E-state index is 0.0102. The number of rotatable bonds is 18. The number of unbranched alkanes of at least 4 members (excludes halogenated alkanes) is 14. The minimum Gasteiger partial charge on any atom is -0.289 e. The molecule has 0 spiro atoms. The van der Waals surface area contributed by atoms with Gasteiger partial charge in [-0.15, -0.1) is 0 Å². The van der Waals surface area contributed by atoms with Crippen LogP contribution >= 0.6 is 0 Å². The molecule has 0 unspecified atom stereocenters. The smallest absolute Gasteiger partial charge is 0.194 e. The second-order valence-corrected chi connectivity index (χ2v) is 10.8. The van der Waals surface area contributed by atoms with E-state index in [9.17, 15) is 9.59 Å². The van der Waals surface area contributed by atoms with E-state index in [1.54, 1.807) is 6.07 Å². The van der Waals surface area contributed by atoms with Crippen LogP contribution in [0, 0.1) is 0 Å². The number of fused-ring (bicyclic) bond motifs is 2. The van der Waals surface area contributed by atoms with Crippen molar-refractivity contribution in [3.8, 4) is 0 Å². The summed E-state index contributed by atoms with van der Waals surface area (Å²) in [7, 11) is 0. The summed E-state index contributed by atoms with van der Waals surface area (Å²) in [6, 6.07) is 11.4. The SMILES string of the molecule is CCCCCCCCCCc1ccc2c(c1CCCCCCCCCC)C(=O)c1ccccc1C2=O. The van der Waals surface area contributed by atoms with E-state index in [4.69, 9.17) is 0 Å². The van der Waals surface area contributed by atoms with Crippen LogP contribution in [0.4, 0.5) is 0 Å². The Balaban J connectivity index is 1.67. The van der Waals surface area contributed by atoms with Crippen LogP contribution in [0.5, 0.6) is 0 Å². The van der Waals surface area contributed by atoms with Gasteiger partial charge in [0, 0.05) is 22.3 Å². The van der Waals surface area contributed by atoms with Crippen LogP contribution < -0.4 is 0 Å². The first-order valence-electron chi connectivity index (χ1n) is 15.0. The van der Waals surface area contributed by atoms with E-state index in [0.717, 1.165) is 31.2 Å². The summed E-state index contributed by atoms with van der Waals surface area (Å²) in [6.07, 6.45) is 22.5. The minimum atomic E-state index is 0.0102. The number of aryl methyl sites for hydroxylation is 1. The van der Waals surface area contributed by atoms with Crippen molar-refractivity contribution in [1.82, 2.24) is 0 Å². The Kier molecular flexibility index (Phi) is 12.4. The van der Waals surface area contributed by atoms with Crippen molar-refractivity contribution in [2.75, 3.05) is 0 Å². The van der Waals surface area contributed by atoms with E-state index in [1.165, 1.54) is 95.5 Å². The second-order valence-electron chi connectivity index (χ2n) is 10.8. The Hall–Kier alpha value is -2.22. The molecule has 0 bridgehead atoms. The molecule has 0 fully saturated rings. The first-order chi connectivity index (χ1) is 17.7. The molecule has 0 N–H and O–H groups in total. The highest BCUT2D eigenvalue weighted by molar-refractivity contribution is 6.29. The first-order valence-corrected chi connectivity index (χ1v) is 15.0. The van der Waals surface area contributed by atoms with Crippen LogP contribution in [0.1, 0.15) is 160 Å². The van der Waals surface area contributed by atoms with Crippen molar-refractivity contribution in [3.05, 3.63) is 69.8 Å². The van der Waals surface area contributed by atoms with Gasteiger partial charge >= 0.3 is 0 Å². The summed E-state index contributed by atoms with van der Waals surface area (Å²) in [5.74, 6) is 0.0588. The van der Waals surface area contributed by atoms with Gasteiger partial charge in [-0.1, -0.05) is 134 Å². The Morgan fingerprint density at radius 3 is 1.50 bits per heavy atom. The van der Waals surface area contributed by atoms with Crippen LogP contribution in [0.2, 0.25) is 0 Å². The fraction of sp³-hybridized carbons (Fsp3) is 0.588. The highest BCUT2D eigenvalue weighted by Gasteiger charge is 2.32. The standard InChI is InChI=1S/C34H48O2/c1-3-5-7-9-11-13-15-17-21-27-25-26-31-32(28(27)22-18-16-14-12-10-8-6-4-2)34(36)30-24-20-19-23-29(30)33(31)35/h19-20,23-26H,3-18,21-22H2,1-2H3. The predicted octanol–water partition coefficient (Wildman–Crippen LogP) is 9.83. The van der Waals surface area contributed by atoms with Crippen molar-refractivity contribution < 1.29 is 9.59 Å². The molecule has 3 rings (SSSR count). The van der Waals surface area contributed by atoms with Crippen molar-refractivity contribution in [2.45, 2.75) is 129 Å². The van der Waals surface area contributed by atoms with E-state index in [-0.39, 0.29) is 11.6 Å². The van der Waals surface area contributed by atoms with Gasteiger partial charge in [0.2, 0.25) is 0 Å². The van der Waals surface area contributed by atoms with Crippen molar-refractivity contribution in [1.29, 1.82) is 0 Å². The highest BCUT2D eigenvalue weighted by atomic mass is 16.1. The number of ketones is 2. The lowest BCUT2D eigenvalue weighted by Crippen LogP contribution is -2.23. The normalized spacial score (nSPS) is 12.6. The molecule has 1 aliphatic rings. The third-order valence-corrected chi connectivity index (χ3v) is 7.88. The Morgan fingerprint density at radius 1 is 0.472 bits per heavy atom. The zero-order valence-corrected chi connectivity index (χ0v) is 23.0. The molecule has 36 heavy (non-hydrogen) atoms. The summed E-state index contributed by atoms with van der Waals surface area (Å²) in [4.78, 5) is 26.9. The molecule has 0 aliphatic heterocycles. The summed E-state index contributed by atoms with van der Waals surface area (Å²) in [5.41, 5.74) is 4.92. The monoisotopic (exact) mass is 488 g/mol. The Labute approximate surface area is 220 Å². The fourth-order valence-electron chi connectivity index (χ4n) is 5.70. The number of benzene rings is 2. The molecular formula is C34H48O2. The largest absolute Gasteiger partial charge is 0.289 e. The lowest BCUT2D eigenvalue weighted by molar-refractivity contribution is 0.0978. The lowest BCUT2D eigenvalue weighted by Gasteiger charge is -2.23. The van der Waals surface area contributed by atoms with Crippen molar-refractivity contribution >= 4 is 11.6 Å². The molecule has 2 nitrogen and oxygen atoms in total. The second kappa shape index (κ2) is 15.8. The number of hydrogen-bond acceptors (Lipinski definition) is 2. The van der Waals surface area contributed by atoms with Gasteiger partial charge in [-0.3, -0.25) is 9.59 Å². The lowest BCUT2D eigenvalue weighted by atomic mass is 9.78. The number of carbonyl (C=O) groups is 2. The van der Waals surface area contributed by atoms with E-state index < -0.39 is 0 Å². The highest BCUT2D eigenvalue weighted by Crippen LogP contribution is 2.33. The fourth-order valence-corrected chi connectivity index (χ4v) is 5.70. The molecule has 0 radical (unpaired) electrons. The summed E-state index contributed by atoms with van der Waals surface area (Å²) < 4.78 is 0. The molecule has 0 saturated carbocycles. The molecule has 0 atom stereocenters. The molecule has 2 aromatic carbocycles. The molecule has 0 saturated heterocycles. The molecule has 2 heteroatoms. The van der Waals surface area contributed by atoms with E-state index >= 15 is 0 Å². The molecule has 196 valence electrons. The summed E-state index contributed by atoms with van der Waals surface area (Å²) >= 11 is 0. The van der Waals surface area contributed by atoms with Gasteiger partial charge in [0.15, 0.2) is 11.6 Å². The first kappa shape index (κ1) is 28.4. The maximum atomic E-state index is 13.6. The van der Waals surface area contributed by atoms with Gasteiger partial charge in [0.1, 0.15) is 0 Å². The third kappa shape index (κ3) is 7.89. The molecule has 0 aromatic heterocycles. The summed E-state index contributed by atoms with van der Waals surface area (Å²) in [5, 5.41) is 0. The number of carbonyl (C=O) groups excluding carboxylic acids is 2. The maximum absolute atomic E-state index is 13.6. The van der Waals surface area contributed by atoms with E-state index in [0.29, 0.717) is 22.3 Å².